The maximum Gasteiger partial charge on any atom is 0.469 e. The first kappa shape index (κ1) is 48.0. The van der Waals surface area contributed by atoms with Crippen LogP contribution in [0.3, 0.4) is 0 Å². The lowest BCUT2D eigenvalue weighted by Crippen LogP contribution is -2.29. The van der Waals surface area contributed by atoms with E-state index in [-0.39, 0.29) is 19.4 Å². The molecule has 0 heterocycles. The van der Waals surface area contributed by atoms with Crippen molar-refractivity contribution < 1.29 is 37.9 Å². The Morgan fingerprint density at radius 1 is 0.520 bits per heavy atom. The number of allylic oxidation sites excluding steroid dienone is 8. The minimum Gasteiger partial charge on any atom is -0.462 e. The molecule has 0 spiro atoms. The molecule has 0 aliphatic carbocycles. The molecule has 0 bridgehead atoms. The smallest absolute Gasteiger partial charge is 0.462 e. The molecule has 0 unspecified atom stereocenters. The molecule has 0 aliphatic rings. The van der Waals surface area contributed by atoms with E-state index >= 15 is 0 Å². The summed E-state index contributed by atoms with van der Waals surface area (Å²) < 4.78 is 26.3. The third kappa shape index (κ3) is 38.8. The Labute approximate surface area is 305 Å². The van der Waals surface area contributed by atoms with Gasteiger partial charge in [0.15, 0.2) is 6.10 Å². The van der Waals surface area contributed by atoms with Crippen LogP contribution in [0.1, 0.15) is 181 Å². The number of unbranched alkanes of at least 4 members (excludes halogenated alkanes) is 18. The number of hydrogen-bond donors (Lipinski definition) is 2. The zero-order valence-electron chi connectivity index (χ0n) is 31.8. The number of hydrogen-bond acceptors (Lipinski definition) is 6. The van der Waals surface area contributed by atoms with E-state index in [0.29, 0.717) is 12.8 Å². The average Bonchev–Trinajstić information content (AvgIpc) is 3.08. The zero-order valence-corrected chi connectivity index (χ0v) is 32.7. The minimum atomic E-state index is -4.76. The molecule has 0 radical (unpaired) electrons. The molecular weight excluding hydrogens is 651 g/mol. The zero-order chi connectivity index (χ0) is 36.8. The van der Waals surface area contributed by atoms with E-state index in [1.165, 1.54) is 70.6 Å². The van der Waals surface area contributed by atoms with Gasteiger partial charge in [-0.1, -0.05) is 140 Å². The highest BCUT2D eigenvalue weighted by Gasteiger charge is 2.22. The van der Waals surface area contributed by atoms with Gasteiger partial charge in [0.25, 0.3) is 0 Å². The van der Waals surface area contributed by atoms with Gasteiger partial charge in [-0.25, -0.2) is 4.57 Å². The van der Waals surface area contributed by atoms with Crippen LogP contribution >= 0.6 is 7.82 Å². The van der Waals surface area contributed by atoms with Gasteiger partial charge in [-0.2, -0.15) is 0 Å². The van der Waals surface area contributed by atoms with Crippen LogP contribution in [-0.4, -0.2) is 41.0 Å². The van der Waals surface area contributed by atoms with Crippen LogP contribution in [0.15, 0.2) is 48.6 Å². The Bertz CT molecular complexity index is 952. The standard InChI is InChI=1S/C41H73O8P/c1-3-5-7-9-11-13-15-17-19-20-22-23-25-27-29-31-33-35-40(42)47-37-39(38-48-50(44,45)46)49-41(43)36-34-32-30-28-26-24-21-18-16-14-12-10-8-6-4-2/h11-14,17-19,21,39H,3-10,15-16,20,22-38H2,1-2H3,(H2,44,45,46)/b13-11-,14-12-,19-17-,21-18-/t39-/m1/s1. The van der Waals surface area contributed by atoms with Gasteiger partial charge in [0.1, 0.15) is 6.61 Å². The first-order chi connectivity index (χ1) is 24.3. The van der Waals surface area contributed by atoms with E-state index in [4.69, 9.17) is 19.3 Å². The molecule has 0 saturated carbocycles. The molecule has 2 N–H and O–H groups in total. The minimum absolute atomic E-state index is 0.193. The van der Waals surface area contributed by atoms with Crippen molar-refractivity contribution in [1.82, 2.24) is 0 Å². The highest BCUT2D eigenvalue weighted by molar-refractivity contribution is 7.46. The van der Waals surface area contributed by atoms with Crippen LogP contribution in [0.25, 0.3) is 0 Å². The number of rotatable bonds is 36. The summed E-state index contributed by atoms with van der Waals surface area (Å²) in [5.74, 6) is -0.911. The summed E-state index contributed by atoms with van der Waals surface area (Å²) in [5, 5.41) is 0. The predicted octanol–water partition coefficient (Wildman–Crippen LogP) is 12.0. The fourth-order valence-corrected chi connectivity index (χ4v) is 5.67. The number of phosphoric ester groups is 1. The third-order valence-corrected chi connectivity index (χ3v) is 8.81. The second-order valence-electron chi connectivity index (χ2n) is 13.2. The molecule has 0 saturated heterocycles. The SMILES string of the molecule is CCCCC/C=C\C/C=C\CCCCCCCCCC(=O)OC[C@H](COP(=O)(O)O)OC(=O)CCCCCCC/C=C\C/C=C\CCCCC. The molecule has 0 fully saturated rings. The second-order valence-corrected chi connectivity index (χ2v) is 14.5. The van der Waals surface area contributed by atoms with Gasteiger partial charge in [-0.3, -0.25) is 14.1 Å². The Morgan fingerprint density at radius 2 is 0.900 bits per heavy atom. The van der Waals surface area contributed by atoms with Crippen molar-refractivity contribution in [3.8, 4) is 0 Å². The van der Waals surface area contributed by atoms with Gasteiger partial charge < -0.3 is 19.3 Å². The van der Waals surface area contributed by atoms with Crippen molar-refractivity contribution in [2.24, 2.45) is 0 Å². The molecule has 0 aromatic carbocycles. The molecule has 290 valence electrons. The van der Waals surface area contributed by atoms with Gasteiger partial charge in [0, 0.05) is 12.8 Å². The van der Waals surface area contributed by atoms with Crippen molar-refractivity contribution in [2.75, 3.05) is 13.2 Å². The first-order valence-corrected chi connectivity index (χ1v) is 21.5. The van der Waals surface area contributed by atoms with Gasteiger partial charge in [0.2, 0.25) is 0 Å². The summed E-state index contributed by atoms with van der Waals surface area (Å²) in [6, 6.07) is 0. The summed E-state index contributed by atoms with van der Waals surface area (Å²) in [5.41, 5.74) is 0. The van der Waals surface area contributed by atoms with Crippen molar-refractivity contribution in [3.63, 3.8) is 0 Å². The molecule has 8 nitrogen and oxygen atoms in total. The topological polar surface area (TPSA) is 119 Å². The molecule has 0 aliphatic heterocycles. The van der Waals surface area contributed by atoms with Crippen LogP contribution in [0, 0.1) is 0 Å². The summed E-state index contributed by atoms with van der Waals surface area (Å²) in [6.45, 7) is 3.61. The lowest BCUT2D eigenvalue weighted by atomic mass is 10.1. The molecule has 0 aromatic heterocycles. The summed E-state index contributed by atoms with van der Waals surface area (Å²) in [7, 11) is -4.76. The largest absolute Gasteiger partial charge is 0.469 e. The van der Waals surface area contributed by atoms with Crippen molar-refractivity contribution in [2.45, 2.75) is 187 Å². The van der Waals surface area contributed by atoms with Crippen LogP contribution < -0.4 is 0 Å². The summed E-state index contributed by atoms with van der Waals surface area (Å²) >= 11 is 0. The van der Waals surface area contributed by atoms with E-state index in [0.717, 1.165) is 70.6 Å². The Balaban J connectivity index is 3.98. The maximum absolute atomic E-state index is 12.4. The van der Waals surface area contributed by atoms with E-state index in [9.17, 15) is 14.2 Å². The van der Waals surface area contributed by atoms with Crippen molar-refractivity contribution in [1.29, 1.82) is 0 Å². The van der Waals surface area contributed by atoms with E-state index in [1.54, 1.807) is 0 Å². The summed E-state index contributed by atoms with van der Waals surface area (Å²) in [4.78, 5) is 42.8. The van der Waals surface area contributed by atoms with Gasteiger partial charge in [-0.05, 0) is 77.0 Å². The monoisotopic (exact) mass is 725 g/mol. The lowest BCUT2D eigenvalue weighted by molar-refractivity contribution is -0.161. The predicted molar refractivity (Wildman–Crippen MR) is 207 cm³/mol. The Kier molecular flexibility index (Phi) is 35.3. The van der Waals surface area contributed by atoms with Crippen molar-refractivity contribution in [3.05, 3.63) is 48.6 Å². The van der Waals surface area contributed by atoms with Crippen LogP contribution in [0.2, 0.25) is 0 Å². The Hall–Kier alpha value is -1.99. The molecule has 9 heteroatoms. The van der Waals surface area contributed by atoms with Gasteiger partial charge >= 0.3 is 19.8 Å². The number of carbonyl (C=O) groups is 2. The molecule has 0 amide bonds. The van der Waals surface area contributed by atoms with Crippen molar-refractivity contribution >= 4 is 19.8 Å². The highest BCUT2D eigenvalue weighted by atomic mass is 31.2. The van der Waals surface area contributed by atoms with Crippen LogP contribution in [0.4, 0.5) is 0 Å². The molecule has 1 atom stereocenters. The van der Waals surface area contributed by atoms with E-state index in [1.807, 2.05) is 0 Å². The average molecular weight is 725 g/mol. The molecule has 0 aromatic rings. The fraction of sp³-hybridized carbons (Fsp3) is 0.756. The van der Waals surface area contributed by atoms with Crippen LogP contribution in [-0.2, 0) is 28.2 Å². The van der Waals surface area contributed by atoms with Crippen LogP contribution in [0.5, 0.6) is 0 Å². The quantitative estimate of drug-likeness (QED) is 0.0284. The highest BCUT2D eigenvalue weighted by Crippen LogP contribution is 2.36. The van der Waals surface area contributed by atoms with E-state index < -0.39 is 32.5 Å². The second kappa shape index (κ2) is 36.8. The number of esters is 2. The normalized spacial score (nSPS) is 13.0. The van der Waals surface area contributed by atoms with Gasteiger partial charge in [0.05, 0.1) is 6.61 Å². The summed E-state index contributed by atoms with van der Waals surface area (Å²) in [6.07, 6.45) is 43.9. The van der Waals surface area contributed by atoms with E-state index in [2.05, 4.69) is 67.0 Å². The first-order valence-electron chi connectivity index (χ1n) is 19.9. The third-order valence-electron chi connectivity index (χ3n) is 8.32. The Morgan fingerprint density at radius 3 is 1.32 bits per heavy atom. The number of phosphoric acid groups is 1. The lowest BCUT2D eigenvalue weighted by Gasteiger charge is -2.18. The molecule has 50 heavy (non-hydrogen) atoms. The molecule has 0 rings (SSSR count). The maximum atomic E-state index is 12.4. The number of carbonyl (C=O) groups excluding carboxylic acids is 2. The molecular formula is C41H73O8P. The fourth-order valence-electron chi connectivity index (χ4n) is 5.31. The van der Waals surface area contributed by atoms with Gasteiger partial charge in [-0.15, -0.1) is 0 Å². The number of ether oxygens (including phenoxy) is 2.